The van der Waals surface area contributed by atoms with E-state index in [9.17, 15) is 9.90 Å². The lowest BCUT2D eigenvalue weighted by atomic mass is 10.0. The molecule has 1 aliphatic heterocycles. The van der Waals surface area contributed by atoms with Gasteiger partial charge in [0.2, 0.25) is 6.79 Å². The number of phenols is 1. The molecule has 0 amide bonds. The molecule has 0 atom stereocenters. The summed E-state index contributed by atoms with van der Waals surface area (Å²) in [6, 6.07) is 6.59. The van der Waals surface area contributed by atoms with Gasteiger partial charge in [0.25, 0.3) is 0 Å². The van der Waals surface area contributed by atoms with Crippen molar-refractivity contribution in [3.63, 3.8) is 0 Å². The molecule has 0 aliphatic carbocycles. The minimum absolute atomic E-state index is 0.0675. The lowest BCUT2D eigenvalue weighted by Crippen LogP contribution is -1.93. The van der Waals surface area contributed by atoms with Gasteiger partial charge in [-0.25, -0.2) is 0 Å². The van der Waals surface area contributed by atoms with Crippen LogP contribution in [0.3, 0.4) is 0 Å². The molecular formula is C12H8O4. The third-order valence-electron chi connectivity index (χ3n) is 2.60. The van der Waals surface area contributed by atoms with Gasteiger partial charge >= 0.3 is 0 Å². The minimum atomic E-state index is 0.0675. The number of phenolic OH excluding ortho intramolecular Hbond substituents is 1. The van der Waals surface area contributed by atoms with Crippen LogP contribution < -0.4 is 9.47 Å². The highest BCUT2D eigenvalue weighted by Gasteiger charge is 2.18. The van der Waals surface area contributed by atoms with Crippen molar-refractivity contribution in [3.8, 4) is 17.2 Å². The van der Waals surface area contributed by atoms with Crippen LogP contribution >= 0.6 is 0 Å². The average molecular weight is 216 g/mol. The molecule has 0 spiro atoms. The summed E-state index contributed by atoms with van der Waals surface area (Å²) < 4.78 is 10.5. The Kier molecular flexibility index (Phi) is 1.77. The van der Waals surface area contributed by atoms with Gasteiger partial charge in [-0.15, -0.1) is 0 Å². The van der Waals surface area contributed by atoms with E-state index in [2.05, 4.69) is 0 Å². The van der Waals surface area contributed by atoms with Crippen LogP contribution in [0.4, 0.5) is 0 Å². The fourth-order valence-corrected chi connectivity index (χ4v) is 1.87. The average Bonchev–Trinajstić information content (AvgIpc) is 2.77. The monoisotopic (exact) mass is 216 g/mol. The van der Waals surface area contributed by atoms with Crippen molar-refractivity contribution in [1.29, 1.82) is 0 Å². The van der Waals surface area contributed by atoms with Crippen LogP contribution in [0.5, 0.6) is 17.2 Å². The number of benzene rings is 2. The van der Waals surface area contributed by atoms with Crippen LogP contribution in [0.15, 0.2) is 24.3 Å². The summed E-state index contributed by atoms with van der Waals surface area (Å²) in [7, 11) is 0. The second kappa shape index (κ2) is 3.13. The number of rotatable bonds is 1. The molecule has 4 heteroatoms. The molecule has 16 heavy (non-hydrogen) atoms. The van der Waals surface area contributed by atoms with Crippen LogP contribution in [-0.4, -0.2) is 18.2 Å². The van der Waals surface area contributed by atoms with Crippen LogP contribution in [0.2, 0.25) is 0 Å². The largest absolute Gasteiger partial charge is 0.507 e. The van der Waals surface area contributed by atoms with Crippen molar-refractivity contribution in [2.75, 3.05) is 6.79 Å². The summed E-state index contributed by atoms with van der Waals surface area (Å²) in [6.07, 6.45) is 0.689. The van der Waals surface area contributed by atoms with Crippen molar-refractivity contribution in [2.24, 2.45) is 0 Å². The van der Waals surface area contributed by atoms with Crippen molar-refractivity contribution >= 4 is 17.1 Å². The number of carbonyl (C=O) groups excluding carboxylic acids is 1. The zero-order valence-corrected chi connectivity index (χ0v) is 8.27. The minimum Gasteiger partial charge on any atom is -0.507 e. The summed E-state index contributed by atoms with van der Waals surface area (Å²) in [5.41, 5.74) is 0.411. The third kappa shape index (κ3) is 1.13. The maximum Gasteiger partial charge on any atom is 0.231 e. The lowest BCUT2D eigenvalue weighted by Gasteiger charge is -2.05. The first-order valence-electron chi connectivity index (χ1n) is 4.80. The van der Waals surface area contributed by atoms with Gasteiger partial charge in [0, 0.05) is 16.3 Å². The highest BCUT2D eigenvalue weighted by atomic mass is 16.7. The molecular weight excluding hydrogens is 208 g/mol. The Hall–Kier alpha value is -2.23. The highest BCUT2D eigenvalue weighted by molar-refractivity contribution is 5.98. The maximum atomic E-state index is 10.7. The van der Waals surface area contributed by atoms with Gasteiger partial charge < -0.3 is 14.6 Å². The normalized spacial score (nSPS) is 13.0. The van der Waals surface area contributed by atoms with Crippen LogP contribution in [0, 0.1) is 0 Å². The first kappa shape index (κ1) is 9.03. The van der Waals surface area contributed by atoms with E-state index >= 15 is 0 Å². The quantitative estimate of drug-likeness (QED) is 0.741. The SMILES string of the molecule is O=Cc1cc(O)c2ccc3c(c2c1)OCO3. The van der Waals surface area contributed by atoms with E-state index in [1.54, 1.807) is 18.2 Å². The number of carbonyl (C=O) groups is 1. The van der Waals surface area contributed by atoms with Crippen LogP contribution in [0.1, 0.15) is 10.4 Å². The second-order valence-electron chi connectivity index (χ2n) is 3.55. The zero-order chi connectivity index (χ0) is 11.1. The molecule has 0 radical (unpaired) electrons. The van der Waals surface area contributed by atoms with E-state index in [-0.39, 0.29) is 12.5 Å². The van der Waals surface area contributed by atoms with Gasteiger partial charge in [-0.05, 0) is 24.3 Å². The van der Waals surface area contributed by atoms with Gasteiger partial charge in [0.15, 0.2) is 11.5 Å². The summed E-state index contributed by atoms with van der Waals surface area (Å²) in [5.74, 6) is 1.28. The van der Waals surface area contributed by atoms with Crippen molar-refractivity contribution in [3.05, 3.63) is 29.8 Å². The summed E-state index contributed by atoms with van der Waals surface area (Å²) in [4.78, 5) is 10.7. The molecule has 0 bridgehead atoms. The standard InChI is InChI=1S/C12H8O4/c13-5-7-3-9-8(10(14)4-7)1-2-11-12(9)16-6-15-11/h1-5,14H,6H2. The number of aldehydes is 1. The maximum absolute atomic E-state index is 10.7. The predicted molar refractivity (Wildman–Crippen MR) is 57.1 cm³/mol. The Balaban J connectivity index is 2.42. The second-order valence-corrected chi connectivity index (χ2v) is 3.55. The van der Waals surface area contributed by atoms with Crippen molar-refractivity contribution < 1.29 is 19.4 Å². The number of ether oxygens (including phenoxy) is 2. The number of hydrogen-bond donors (Lipinski definition) is 1. The fraction of sp³-hybridized carbons (Fsp3) is 0.0833. The molecule has 0 unspecified atom stereocenters. The summed E-state index contributed by atoms with van der Waals surface area (Å²) in [5, 5.41) is 11.1. The molecule has 1 N–H and O–H groups in total. The molecule has 80 valence electrons. The van der Waals surface area contributed by atoms with Gasteiger partial charge in [0.1, 0.15) is 12.0 Å². The number of hydrogen-bond acceptors (Lipinski definition) is 4. The molecule has 1 heterocycles. The third-order valence-corrected chi connectivity index (χ3v) is 2.60. The zero-order valence-electron chi connectivity index (χ0n) is 8.27. The lowest BCUT2D eigenvalue weighted by molar-refractivity contribution is 0.112. The highest BCUT2D eigenvalue weighted by Crippen LogP contribution is 2.41. The molecule has 0 saturated heterocycles. The Morgan fingerprint density at radius 1 is 1.19 bits per heavy atom. The Labute approximate surface area is 91.0 Å². The van der Waals surface area contributed by atoms with Gasteiger partial charge in [-0.2, -0.15) is 0 Å². The van der Waals surface area contributed by atoms with Crippen molar-refractivity contribution in [1.82, 2.24) is 0 Å². The molecule has 0 saturated carbocycles. The molecule has 3 rings (SSSR count). The van der Waals surface area contributed by atoms with E-state index in [4.69, 9.17) is 9.47 Å². The van der Waals surface area contributed by atoms with Gasteiger partial charge in [-0.1, -0.05) is 0 Å². The van der Waals surface area contributed by atoms with E-state index in [0.29, 0.717) is 34.1 Å². The summed E-state index contributed by atoms with van der Waals surface area (Å²) in [6.45, 7) is 0.167. The smallest absolute Gasteiger partial charge is 0.231 e. The first-order valence-corrected chi connectivity index (χ1v) is 4.80. The van der Waals surface area contributed by atoms with Crippen molar-refractivity contribution in [2.45, 2.75) is 0 Å². The fourth-order valence-electron chi connectivity index (χ4n) is 1.87. The van der Waals surface area contributed by atoms with Crippen LogP contribution in [0.25, 0.3) is 10.8 Å². The van der Waals surface area contributed by atoms with E-state index in [1.807, 2.05) is 0 Å². The number of aromatic hydroxyl groups is 1. The Bertz CT molecular complexity index is 589. The van der Waals surface area contributed by atoms with Crippen LogP contribution in [-0.2, 0) is 0 Å². The number of fused-ring (bicyclic) bond motifs is 3. The van der Waals surface area contributed by atoms with E-state index in [1.165, 1.54) is 6.07 Å². The van der Waals surface area contributed by atoms with Gasteiger partial charge in [0.05, 0.1) is 0 Å². The van der Waals surface area contributed by atoms with E-state index in [0.717, 1.165) is 0 Å². The molecule has 4 nitrogen and oxygen atoms in total. The van der Waals surface area contributed by atoms with Gasteiger partial charge in [-0.3, -0.25) is 4.79 Å². The molecule has 0 fully saturated rings. The first-order chi connectivity index (χ1) is 7.79. The predicted octanol–water partition coefficient (Wildman–Crippen LogP) is 2.09. The molecule has 1 aliphatic rings. The Morgan fingerprint density at radius 2 is 2.06 bits per heavy atom. The summed E-state index contributed by atoms with van der Waals surface area (Å²) >= 11 is 0. The molecule has 0 aromatic heterocycles. The Morgan fingerprint density at radius 3 is 2.88 bits per heavy atom. The molecule has 2 aromatic carbocycles. The molecule has 2 aromatic rings. The van der Waals surface area contributed by atoms with E-state index < -0.39 is 0 Å². The topological polar surface area (TPSA) is 55.8 Å².